The van der Waals surface area contributed by atoms with Crippen LogP contribution in [-0.2, 0) is 4.79 Å². The summed E-state index contributed by atoms with van der Waals surface area (Å²) in [5.41, 5.74) is -1.43. The van der Waals surface area contributed by atoms with E-state index < -0.39 is 30.5 Å². The van der Waals surface area contributed by atoms with Crippen molar-refractivity contribution in [2.24, 2.45) is 0 Å². The highest BCUT2D eigenvalue weighted by Crippen LogP contribution is 2.13. The Labute approximate surface area is 98.8 Å². The molecule has 0 aliphatic carbocycles. The van der Waals surface area contributed by atoms with Crippen LogP contribution >= 0.6 is 0 Å². The number of urea groups is 1. The average molecular weight is 252 g/mol. The maximum Gasteiger partial charge on any atom is 0.329 e. The van der Waals surface area contributed by atoms with Gasteiger partial charge in [-0.2, -0.15) is 0 Å². The number of hydrogen-bond acceptors (Lipinski definition) is 2. The molecule has 2 amide bonds. The van der Waals surface area contributed by atoms with E-state index in [1.165, 1.54) is 14.0 Å². The number of nitrogens with one attached hydrogen (secondary N) is 1. The smallest absolute Gasteiger partial charge is 0.329 e. The van der Waals surface area contributed by atoms with Crippen molar-refractivity contribution in [3.63, 3.8) is 0 Å². The summed E-state index contributed by atoms with van der Waals surface area (Å²) < 4.78 is 24.1. The zero-order chi connectivity index (χ0) is 13.6. The fourth-order valence-corrected chi connectivity index (χ4v) is 1.34. The Morgan fingerprint density at radius 2 is 2.00 bits per heavy atom. The lowest BCUT2D eigenvalue weighted by Crippen LogP contribution is -2.55. The average Bonchev–Trinajstić information content (AvgIpc) is 2.16. The summed E-state index contributed by atoms with van der Waals surface area (Å²) in [5, 5.41) is 11.2. The maximum absolute atomic E-state index is 12.0. The molecule has 100 valence electrons. The largest absolute Gasteiger partial charge is 0.480 e. The number of carboxylic acids is 1. The van der Waals surface area contributed by atoms with Gasteiger partial charge >= 0.3 is 12.0 Å². The second-order valence-electron chi connectivity index (χ2n) is 4.09. The molecule has 0 fully saturated rings. The third-order valence-electron chi connectivity index (χ3n) is 2.36. The van der Waals surface area contributed by atoms with Crippen LogP contribution in [0.2, 0.25) is 0 Å². The predicted octanol–water partition coefficient (Wildman–Crippen LogP) is 1.54. The number of alkyl halides is 2. The van der Waals surface area contributed by atoms with Gasteiger partial charge in [-0.15, -0.1) is 0 Å². The fraction of sp³-hybridized carbons (Fsp3) is 0.800. The van der Waals surface area contributed by atoms with E-state index in [9.17, 15) is 18.4 Å². The number of carboxylic acid groups (broad SMARTS) is 1. The first-order chi connectivity index (χ1) is 7.73. The second kappa shape index (κ2) is 6.36. The summed E-state index contributed by atoms with van der Waals surface area (Å²) in [5.74, 6) is -1.18. The Morgan fingerprint density at radius 3 is 2.35 bits per heavy atom. The molecule has 0 aliphatic rings. The summed E-state index contributed by atoms with van der Waals surface area (Å²) >= 11 is 0. The highest BCUT2D eigenvalue weighted by atomic mass is 19.3. The third-order valence-corrected chi connectivity index (χ3v) is 2.36. The van der Waals surface area contributed by atoms with Gasteiger partial charge in [-0.3, -0.25) is 0 Å². The van der Waals surface area contributed by atoms with E-state index in [1.54, 1.807) is 6.92 Å². The molecular formula is C10H18F2N2O3. The van der Waals surface area contributed by atoms with Crippen molar-refractivity contribution in [3.05, 3.63) is 0 Å². The molecule has 0 saturated heterocycles. The zero-order valence-electron chi connectivity index (χ0n) is 10.2. The molecule has 0 aromatic carbocycles. The van der Waals surface area contributed by atoms with Gasteiger partial charge in [0.25, 0.3) is 6.43 Å². The number of nitrogens with zero attached hydrogens (tertiary/aromatic N) is 1. The summed E-state index contributed by atoms with van der Waals surface area (Å²) in [6.45, 7) is 2.40. The molecule has 0 heterocycles. The molecule has 0 radical (unpaired) electrons. The third kappa shape index (κ3) is 4.97. The van der Waals surface area contributed by atoms with Gasteiger partial charge in [0.1, 0.15) is 5.54 Å². The molecule has 0 rings (SSSR count). The minimum absolute atomic E-state index is 0.233. The number of carbonyl (C=O) groups excluding carboxylic acids is 1. The van der Waals surface area contributed by atoms with E-state index in [4.69, 9.17) is 5.11 Å². The van der Waals surface area contributed by atoms with Crippen LogP contribution in [0, 0.1) is 0 Å². The van der Waals surface area contributed by atoms with Crippen LogP contribution in [0.5, 0.6) is 0 Å². The van der Waals surface area contributed by atoms with Gasteiger partial charge in [-0.25, -0.2) is 18.4 Å². The number of halogens is 2. The molecule has 0 aromatic heterocycles. The van der Waals surface area contributed by atoms with Crippen molar-refractivity contribution < 1.29 is 23.5 Å². The summed E-state index contributed by atoms with van der Waals surface area (Å²) in [6.07, 6.45) is -1.86. The molecule has 0 aliphatic heterocycles. The molecule has 1 unspecified atom stereocenters. The number of amides is 2. The first kappa shape index (κ1) is 15.6. The standard InChI is InChI=1S/C10H18F2N2O3/c1-4-5-10(2,8(15)16)13-9(17)14(3)6-7(11)12/h7H,4-6H2,1-3H3,(H,13,17)(H,15,16). The minimum Gasteiger partial charge on any atom is -0.480 e. The van der Waals surface area contributed by atoms with Crippen LogP contribution < -0.4 is 5.32 Å². The van der Waals surface area contributed by atoms with Crippen molar-refractivity contribution in [3.8, 4) is 0 Å². The summed E-state index contributed by atoms with van der Waals surface area (Å²) in [7, 11) is 1.19. The Kier molecular flexibility index (Phi) is 5.84. The van der Waals surface area contributed by atoms with E-state index in [0.29, 0.717) is 6.42 Å². The summed E-state index contributed by atoms with van der Waals surface area (Å²) in [4.78, 5) is 23.3. The van der Waals surface area contributed by atoms with Crippen LogP contribution in [0.4, 0.5) is 13.6 Å². The van der Waals surface area contributed by atoms with Gasteiger partial charge in [-0.1, -0.05) is 13.3 Å². The highest BCUT2D eigenvalue weighted by molar-refractivity contribution is 5.85. The Bertz CT molecular complexity index is 287. The first-order valence-electron chi connectivity index (χ1n) is 5.27. The van der Waals surface area contributed by atoms with Crippen molar-refractivity contribution in [1.29, 1.82) is 0 Å². The molecular weight excluding hydrogens is 234 g/mol. The topological polar surface area (TPSA) is 69.6 Å². The van der Waals surface area contributed by atoms with Crippen LogP contribution in [0.15, 0.2) is 0 Å². The predicted molar refractivity (Wildman–Crippen MR) is 58.1 cm³/mol. The molecule has 5 nitrogen and oxygen atoms in total. The minimum atomic E-state index is -2.65. The van der Waals surface area contributed by atoms with Gasteiger partial charge in [0, 0.05) is 7.05 Å². The van der Waals surface area contributed by atoms with Crippen LogP contribution in [0.25, 0.3) is 0 Å². The monoisotopic (exact) mass is 252 g/mol. The van der Waals surface area contributed by atoms with Gasteiger partial charge in [-0.05, 0) is 13.3 Å². The highest BCUT2D eigenvalue weighted by Gasteiger charge is 2.34. The SMILES string of the molecule is CCCC(C)(NC(=O)N(C)CC(F)F)C(=O)O. The Balaban J connectivity index is 4.56. The van der Waals surface area contributed by atoms with Crippen LogP contribution in [-0.4, -0.2) is 47.6 Å². The number of rotatable bonds is 6. The number of hydrogen-bond donors (Lipinski definition) is 2. The van der Waals surface area contributed by atoms with E-state index in [0.717, 1.165) is 4.90 Å². The summed E-state index contributed by atoms with van der Waals surface area (Å²) in [6, 6.07) is -0.816. The normalized spacial score (nSPS) is 14.2. The van der Waals surface area contributed by atoms with Gasteiger partial charge in [0.05, 0.1) is 6.54 Å². The molecule has 0 saturated carbocycles. The number of carbonyl (C=O) groups is 2. The lowest BCUT2D eigenvalue weighted by atomic mass is 9.96. The molecule has 0 bridgehead atoms. The molecule has 7 heteroatoms. The Morgan fingerprint density at radius 1 is 1.47 bits per heavy atom. The van der Waals surface area contributed by atoms with Crippen molar-refractivity contribution in [2.45, 2.75) is 38.7 Å². The molecule has 17 heavy (non-hydrogen) atoms. The molecule has 0 aromatic rings. The van der Waals surface area contributed by atoms with Gasteiger partial charge in [0.2, 0.25) is 0 Å². The number of aliphatic carboxylic acids is 1. The van der Waals surface area contributed by atoms with Crippen molar-refractivity contribution in [1.82, 2.24) is 10.2 Å². The second-order valence-corrected chi connectivity index (χ2v) is 4.09. The van der Waals surface area contributed by atoms with Crippen molar-refractivity contribution in [2.75, 3.05) is 13.6 Å². The van der Waals surface area contributed by atoms with E-state index in [-0.39, 0.29) is 6.42 Å². The van der Waals surface area contributed by atoms with Gasteiger partial charge < -0.3 is 15.3 Å². The molecule has 0 spiro atoms. The maximum atomic E-state index is 12.0. The quantitative estimate of drug-likeness (QED) is 0.753. The molecule has 1 atom stereocenters. The van der Waals surface area contributed by atoms with Gasteiger partial charge in [0.15, 0.2) is 0 Å². The lowest BCUT2D eigenvalue weighted by Gasteiger charge is -2.28. The van der Waals surface area contributed by atoms with E-state index >= 15 is 0 Å². The first-order valence-corrected chi connectivity index (χ1v) is 5.27. The fourth-order valence-electron chi connectivity index (χ4n) is 1.34. The van der Waals surface area contributed by atoms with Crippen molar-refractivity contribution >= 4 is 12.0 Å². The molecule has 2 N–H and O–H groups in total. The van der Waals surface area contributed by atoms with Crippen LogP contribution in [0.1, 0.15) is 26.7 Å². The zero-order valence-corrected chi connectivity index (χ0v) is 10.2. The lowest BCUT2D eigenvalue weighted by molar-refractivity contribution is -0.144. The van der Waals surface area contributed by atoms with E-state index in [1.807, 2.05) is 0 Å². The van der Waals surface area contributed by atoms with E-state index in [2.05, 4.69) is 5.32 Å². The van der Waals surface area contributed by atoms with Crippen LogP contribution in [0.3, 0.4) is 0 Å². The Hall–Kier alpha value is -1.40.